The highest BCUT2D eigenvalue weighted by Gasteiger charge is 2.31. The lowest BCUT2D eigenvalue weighted by molar-refractivity contribution is 0.444. The van der Waals surface area contributed by atoms with Gasteiger partial charge in [-0.1, -0.05) is 6.42 Å². The highest BCUT2D eigenvalue weighted by atomic mass is 32.2. The molecule has 1 aromatic heterocycles. The molecule has 2 aliphatic rings. The van der Waals surface area contributed by atoms with Gasteiger partial charge in [-0.05, 0) is 25.7 Å². The van der Waals surface area contributed by atoms with E-state index < -0.39 is 9.84 Å². The van der Waals surface area contributed by atoms with Crippen LogP contribution in [0.15, 0.2) is 6.20 Å². The molecule has 6 heteroatoms. The Bertz CT molecular complexity index is 564. The number of fused-ring (bicyclic) bond motifs is 1. The summed E-state index contributed by atoms with van der Waals surface area (Å²) in [6.07, 6.45) is 6.97. The topological polar surface area (TPSA) is 78.0 Å². The van der Waals surface area contributed by atoms with Crippen LogP contribution in [0.4, 0.5) is 0 Å². The van der Waals surface area contributed by atoms with Gasteiger partial charge in [0.05, 0.1) is 11.0 Å². The number of sulfone groups is 1. The number of imidazole rings is 1. The van der Waals surface area contributed by atoms with E-state index in [1.165, 1.54) is 5.69 Å². The molecule has 0 spiro atoms. The van der Waals surface area contributed by atoms with E-state index in [-0.39, 0.29) is 11.3 Å². The van der Waals surface area contributed by atoms with Crippen LogP contribution < -0.4 is 5.73 Å². The molecule has 0 aromatic carbocycles. The molecule has 1 aromatic rings. The minimum Gasteiger partial charge on any atom is -0.330 e. The minimum atomic E-state index is -2.92. The third-order valence-corrected chi connectivity index (χ3v) is 6.61. The molecule has 1 saturated heterocycles. The van der Waals surface area contributed by atoms with Gasteiger partial charge in [0, 0.05) is 30.9 Å². The lowest BCUT2D eigenvalue weighted by Gasteiger charge is -2.25. The summed E-state index contributed by atoms with van der Waals surface area (Å²) in [5, 5.41) is -0.245. The molecule has 0 amide bonds. The van der Waals surface area contributed by atoms with Gasteiger partial charge in [0.2, 0.25) is 0 Å². The summed E-state index contributed by atoms with van der Waals surface area (Å²) < 4.78 is 26.3. The van der Waals surface area contributed by atoms with Crippen LogP contribution in [0, 0.1) is 0 Å². The van der Waals surface area contributed by atoms with Gasteiger partial charge >= 0.3 is 0 Å². The predicted octanol–water partition coefficient (Wildman–Crippen LogP) is 0.666. The second-order valence-corrected chi connectivity index (χ2v) is 8.16. The fourth-order valence-corrected chi connectivity index (χ4v) is 5.02. The van der Waals surface area contributed by atoms with Crippen LogP contribution in [0.2, 0.25) is 0 Å². The summed E-state index contributed by atoms with van der Waals surface area (Å²) in [5.41, 5.74) is 7.20. The molecule has 19 heavy (non-hydrogen) atoms. The molecule has 3 heterocycles. The van der Waals surface area contributed by atoms with Crippen LogP contribution in [-0.4, -0.2) is 35.0 Å². The van der Waals surface area contributed by atoms with Crippen molar-refractivity contribution in [1.29, 1.82) is 0 Å². The SMILES string of the molecule is NC1CCc2cnc(CC3CCCCS3(=O)=O)n2C1. The van der Waals surface area contributed by atoms with Crippen molar-refractivity contribution in [3.8, 4) is 0 Å². The van der Waals surface area contributed by atoms with Gasteiger partial charge in [-0.25, -0.2) is 13.4 Å². The molecule has 2 N–H and O–H groups in total. The number of aryl methyl sites for hydroxylation is 1. The van der Waals surface area contributed by atoms with Gasteiger partial charge in [0.1, 0.15) is 5.82 Å². The second-order valence-electron chi connectivity index (χ2n) is 5.76. The van der Waals surface area contributed by atoms with E-state index in [0.717, 1.165) is 44.5 Å². The number of rotatable bonds is 2. The van der Waals surface area contributed by atoms with Crippen LogP contribution in [0.5, 0.6) is 0 Å². The quantitative estimate of drug-likeness (QED) is 0.865. The van der Waals surface area contributed by atoms with Gasteiger partial charge < -0.3 is 10.3 Å². The van der Waals surface area contributed by atoms with Crippen LogP contribution in [0.3, 0.4) is 0 Å². The first kappa shape index (κ1) is 13.1. The molecule has 2 unspecified atom stereocenters. The van der Waals surface area contributed by atoms with E-state index in [1.807, 2.05) is 6.20 Å². The van der Waals surface area contributed by atoms with Crippen molar-refractivity contribution in [2.45, 2.75) is 56.4 Å². The smallest absolute Gasteiger partial charge is 0.153 e. The molecule has 2 atom stereocenters. The molecule has 3 rings (SSSR count). The van der Waals surface area contributed by atoms with E-state index in [0.29, 0.717) is 12.2 Å². The predicted molar refractivity (Wildman–Crippen MR) is 73.7 cm³/mol. The lowest BCUT2D eigenvalue weighted by atomic mass is 10.1. The third kappa shape index (κ3) is 2.56. The largest absolute Gasteiger partial charge is 0.330 e. The molecule has 0 aliphatic carbocycles. The first-order valence-corrected chi connectivity index (χ1v) is 8.78. The van der Waals surface area contributed by atoms with E-state index in [2.05, 4.69) is 9.55 Å². The Balaban J connectivity index is 1.82. The second kappa shape index (κ2) is 4.90. The summed E-state index contributed by atoms with van der Waals surface area (Å²) in [4.78, 5) is 4.43. The molecule has 0 bridgehead atoms. The van der Waals surface area contributed by atoms with Crippen molar-refractivity contribution in [2.75, 3.05) is 5.75 Å². The summed E-state index contributed by atoms with van der Waals surface area (Å²) >= 11 is 0. The van der Waals surface area contributed by atoms with Crippen molar-refractivity contribution >= 4 is 9.84 Å². The number of nitrogens with zero attached hydrogens (tertiary/aromatic N) is 2. The normalized spacial score (nSPS) is 29.9. The minimum absolute atomic E-state index is 0.170. The summed E-state index contributed by atoms with van der Waals surface area (Å²) in [6.45, 7) is 0.775. The molecular formula is C13H21N3O2S. The van der Waals surface area contributed by atoms with Gasteiger partial charge in [0.25, 0.3) is 0 Å². The lowest BCUT2D eigenvalue weighted by Crippen LogP contribution is -2.35. The number of nitrogens with two attached hydrogens (primary N) is 1. The van der Waals surface area contributed by atoms with Gasteiger partial charge in [-0.15, -0.1) is 0 Å². The van der Waals surface area contributed by atoms with Crippen LogP contribution in [0.25, 0.3) is 0 Å². The van der Waals surface area contributed by atoms with E-state index >= 15 is 0 Å². The Labute approximate surface area is 114 Å². The highest BCUT2D eigenvalue weighted by molar-refractivity contribution is 7.92. The van der Waals surface area contributed by atoms with Crippen LogP contribution >= 0.6 is 0 Å². The fraction of sp³-hybridized carbons (Fsp3) is 0.769. The monoisotopic (exact) mass is 283 g/mol. The first-order chi connectivity index (χ1) is 9.06. The Hall–Kier alpha value is -0.880. The van der Waals surface area contributed by atoms with E-state index in [9.17, 15) is 8.42 Å². The first-order valence-electron chi connectivity index (χ1n) is 7.07. The maximum absolute atomic E-state index is 12.1. The Kier molecular flexibility index (Phi) is 3.39. The molecule has 1 fully saturated rings. The third-order valence-electron chi connectivity index (χ3n) is 4.33. The Morgan fingerprint density at radius 1 is 1.37 bits per heavy atom. The van der Waals surface area contributed by atoms with Crippen LogP contribution in [-0.2, 0) is 29.2 Å². The highest BCUT2D eigenvalue weighted by Crippen LogP contribution is 2.24. The van der Waals surface area contributed by atoms with Gasteiger partial charge in [-0.3, -0.25) is 0 Å². The average molecular weight is 283 g/mol. The Morgan fingerprint density at radius 2 is 2.21 bits per heavy atom. The van der Waals surface area contributed by atoms with Crippen molar-refractivity contribution in [2.24, 2.45) is 5.73 Å². The number of hydrogen-bond donors (Lipinski definition) is 1. The zero-order valence-corrected chi connectivity index (χ0v) is 11.9. The number of aromatic nitrogens is 2. The summed E-state index contributed by atoms with van der Waals surface area (Å²) in [5.74, 6) is 1.24. The molecule has 0 saturated carbocycles. The average Bonchev–Trinajstić information content (AvgIpc) is 2.74. The standard InChI is InChI=1S/C13H21N3O2S/c14-10-4-5-11-8-15-13(16(11)9-10)7-12-3-1-2-6-19(12,17)18/h8,10,12H,1-7,9,14H2. The van der Waals surface area contributed by atoms with Crippen molar-refractivity contribution in [3.05, 3.63) is 17.7 Å². The molecule has 5 nitrogen and oxygen atoms in total. The molecule has 2 aliphatic heterocycles. The summed E-state index contributed by atoms with van der Waals surface area (Å²) in [6, 6.07) is 0.170. The van der Waals surface area contributed by atoms with E-state index in [4.69, 9.17) is 5.73 Å². The number of hydrogen-bond acceptors (Lipinski definition) is 4. The molecule has 0 radical (unpaired) electrons. The van der Waals surface area contributed by atoms with Gasteiger partial charge in [-0.2, -0.15) is 0 Å². The Morgan fingerprint density at radius 3 is 3.00 bits per heavy atom. The fourth-order valence-electron chi connectivity index (χ4n) is 3.15. The van der Waals surface area contributed by atoms with Crippen molar-refractivity contribution < 1.29 is 8.42 Å². The van der Waals surface area contributed by atoms with Crippen LogP contribution in [0.1, 0.15) is 37.2 Å². The maximum atomic E-state index is 12.1. The zero-order valence-electron chi connectivity index (χ0n) is 11.1. The molecular weight excluding hydrogens is 262 g/mol. The van der Waals surface area contributed by atoms with E-state index in [1.54, 1.807) is 0 Å². The molecule has 106 valence electrons. The summed E-state index contributed by atoms with van der Waals surface area (Å²) in [7, 11) is -2.92. The zero-order chi connectivity index (χ0) is 13.5. The van der Waals surface area contributed by atoms with Crippen molar-refractivity contribution in [1.82, 2.24) is 9.55 Å². The van der Waals surface area contributed by atoms with Gasteiger partial charge in [0.15, 0.2) is 9.84 Å². The van der Waals surface area contributed by atoms with Crippen molar-refractivity contribution in [3.63, 3.8) is 0 Å². The maximum Gasteiger partial charge on any atom is 0.153 e.